The molecule has 3 heterocycles. The van der Waals surface area contributed by atoms with Crippen LogP contribution in [0.3, 0.4) is 0 Å². The first-order valence-electron chi connectivity index (χ1n) is 16.7. The Hall–Kier alpha value is -6.85. The normalized spacial score (nSPS) is 11.6. The van der Waals surface area contributed by atoms with E-state index in [1.165, 1.54) is 5.39 Å². The van der Waals surface area contributed by atoms with Crippen molar-refractivity contribution < 1.29 is 4.42 Å². The van der Waals surface area contributed by atoms with Crippen molar-refractivity contribution in [2.24, 2.45) is 0 Å². The molecule has 10 aromatic rings. The maximum Gasteiger partial charge on any atom is 0.164 e. The quantitative estimate of drug-likeness (QED) is 0.188. The maximum atomic E-state index is 6.33. The zero-order valence-corrected chi connectivity index (χ0v) is 26.9. The van der Waals surface area contributed by atoms with E-state index in [9.17, 15) is 0 Å². The topological polar surface area (TPSA) is 56.7 Å². The molecule has 7 aromatic carbocycles. The highest BCUT2D eigenvalue weighted by atomic mass is 16.3. The molecule has 234 valence electrons. The molecule has 0 aliphatic rings. The monoisotopic (exact) mass is 640 g/mol. The number of nitrogens with zero attached hydrogens (tertiary/aromatic N) is 4. The molecule has 0 radical (unpaired) electrons. The van der Waals surface area contributed by atoms with Crippen molar-refractivity contribution in [2.45, 2.75) is 0 Å². The standard InChI is InChI=1S/C45H28N4O/c1-3-12-30(13-4-1)43-46-44(31-24-22-29(23-25-31)34-18-11-19-37-36-17-8-10-21-41(36)50-42(34)37)48-45(47-43)32-26-27-40-38(28-32)35-16-7-9-20-39(35)49(40)33-14-5-2-6-15-33/h1-28H. The molecule has 0 saturated heterocycles. The minimum Gasteiger partial charge on any atom is -0.455 e. The van der Waals surface area contributed by atoms with Crippen molar-refractivity contribution in [3.8, 4) is 51.0 Å². The van der Waals surface area contributed by atoms with Crippen LogP contribution in [0.25, 0.3) is 94.7 Å². The van der Waals surface area contributed by atoms with E-state index in [1.807, 2.05) is 54.6 Å². The highest BCUT2D eigenvalue weighted by molar-refractivity contribution is 6.11. The zero-order chi connectivity index (χ0) is 33.0. The predicted octanol–water partition coefficient (Wildman–Crippen LogP) is 11.5. The molecular formula is C45H28N4O. The molecule has 0 aliphatic heterocycles. The summed E-state index contributed by atoms with van der Waals surface area (Å²) in [6.07, 6.45) is 0. The Bertz CT molecular complexity index is 2850. The molecule has 50 heavy (non-hydrogen) atoms. The zero-order valence-electron chi connectivity index (χ0n) is 26.9. The van der Waals surface area contributed by atoms with Crippen LogP contribution in [0.5, 0.6) is 0 Å². The maximum absolute atomic E-state index is 6.33. The van der Waals surface area contributed by atoms with E-state index < -0.39 is 0 Å². The van der Waals surface area contributed by atoms with Crippen molar-refractivity contribution in [3.05, 3.63) is 170 Å². The van der Waals surface area contributed by atoms with Gasteiger partial charge in [-0.3, -0.25) is 0 Å². The average molecular weight is 641 g/mol. The lowest BCUT2D eigenvalue weighted by atomic mass is 10.0. The highest BCUT2D eigenvalue weighted by Crippen LogP contribution is 2.37. The summed E-state index contributed by atoms with van der Waals surface area (Å²) in [7, 11) is 0. The number of benzene rings is 7. The number of hydrogen-bond acceptors (Lipinski definition) is 4. The molecular weight excluding hydrogens is 613 g/mol. The predicted molar refractivity (Wildman–Crippen MR) is 203 cm³/mol. The van der Waals surface area contributed by atoms with E-state index in [-0.39, 0.29) is 0 Å². The van der Waals surface area contributed by atoms with Gasteiger partial charge < -0.3 is 8.98 Å². The summed E-state index contributed by atoms with van der Waals surface area (Å²) < 4.78 is 8.65. The third kappa shape index (κ3) is 4.60. The molecule has 0 N–H and O–H groups in total. The number of aromatic nitrogens is 4. The van der Waals surface area contributed by atoms with E-state index in [1.54, 1.807) is 0 Å². The molecule has 3 aromatic heterocycles. The summed E-state index contributed by atoms with van der Waals surface area (Å²) in [5.41, 5.74) is 10.1. The smallest absolute Gasteiger partial charge is 0.164 e. The highest BCUT2D eigenvalue weighted by Gasteiger charge is 2.17. The number of rotatable bonds is 5. The molecule has 5 heteroatoms. The average Bonchev–Trinajstić information content (AvgIpc) is 3.74. The Balaban J connectivity index is 1.11. The number of hydrogen-bond donors (Lipinski definition) is 0. The van der Waals surface area contributed by atoms with Gasteiger partial charge in [0, 0.05) is 49.5 Å². The molecule has 5 nitrogen and oxygen atoms in total. The van der Waals surface area contributed by atoms with Gasteiger partial charge in [0.1, 0.15) is 11.2 Å². The Kier molecular flexibility index (Phi) is 6.42. The van der Waals surface area contributed by atoms with Crippen molar-refractivity contribution in [2.75, 3.05) is 0 Å². The second-order valence-corrected chi connectivity index (χ2v) is 12.5. The molecule has 0 fully saturated rings. The van der Waals surface area contributed by atoms with Crippen LogP contribution < -0.4 is 0 Å². The first-order chi connectivity index (χ1) is 24.8. The van der Waals surface area contributed by atoms with Crippen LogP contribution >= 0.6 is 0 Å². The molecule has 0 spiro atoms. The SMILES string of the molecule is c1ccc(-c2nc(-c3ccc(-c4cccc5c4oc4ccccc45)cc3)nc(-c3ccc4c(c3)c3ccccc3n4-c3ccccc3)n2)cc1. The fraction of sp³-hybridized carbons (Fsp3) is 0. The van der Waals surface area contributed by atoms with Crippen LogP contribution in [-0.2, 0) is 0 Å². The third-order valence-electron chi connectivity index (χ3n) is 9.47. The van der Waals surface area contributed by atoms with Gasteiger partial charge in [-0.2, -0.15) is 0 Å². The van der Waals surface area contributed by atoms with E-state index in [0.717, 1.165) is 71.9 Å². The minimum atomic E-state index is 0.620. The van der Waals surface area contributed by atoms with Crippen LogP contribution in [0.4, 0.5) is 0 Å². The minimum absolute atomic E-state index is 0.620. The molecule has 0 bridgehead atoms. The summed E-state index contributed by atoms with van der Waals surface area (Å²) in [4.78, 5) is 15.1. The molecule has 0 amide bonds. The Labute approximate surface area is 287 Å². The fourth-order valence-corrected chi connectivity index (χ4v) is 7.09. The van der Waals surface area contributed by atoms with Crippen LogP contribution in [0.1, 0.15) is 0 Å². The first kappa shape index (κ1) is 28.2. The van der Waals surface area contributed by atoms with Gasteiger partial charge in [-0.25, -0.2) is 15.0 Å². The van der Waals surface area contributed by atoms with Gasteiger partial charge in [-0.05, 0) is 48.0 Å². The van der Waals surface area contributed by atoms with Crippen LogP contribution in [0.15, 0.2) is 174 Å². The molecule has 10 rings (SSSR count). The third-order valence-corrected chi connectivity index (χ3v) is 9.47. The van der Waals surface area contributed by atoms with Gasteiger partial charge in [0.15, 0.2) is 17.5 Å². The lowest BCUT2D eigenvalue weighted by molar-refractivity contribution is 0.670. The molecule has 0 atom stereocenters. The number of para-hydroxylation sites is 4. The van der Waals surface area contributed by atoms with Gasteiger partial charge in [0.2, 0.25) is 0 Å². The fourth-order valence-electron chi connectivity index (χ4n) is 7.09. The largest absolute Gasteiger partial charge is 0.455 e. The van der Waals surface area contributed by atoms with Crippen molar-refractivity contribution >= 4 is 43.7 Å². The van der Waals surface area contributed by atoms with Crippen LogP contribution in [0, 0.1) is 0 Å². The first-order valence-corrected chi connectivity index (χ1v) is 16.7. The van der Waals surface area contributed by atoms with Crippen LogP contribution in [0.2, 0.25) is 0 Å². The summed E-state index contributed by atoms with van der Waals surface area (Å²) in [5, 5.41) is 4.56. The van der Waals surface area contributed by atoms with Crippen molar-refractivity contribution in [1.29, 1.82) is 0 Å². The second-order valence-electron chi connectivity index (χ2n) is 12.5. The second kappa shape index (κ2) is 11.4. The lowest BCUT2D eigenvalue weighted by Crippen LogP contribution is -2.00. The van der Waals surface area contributed by atoms with Crippen molar-refractivity contribution in [1.82, 2.24) is 19.5 Å². The molecule has 0 saturated carbocycles. The van der Waals surface area contributed by atoms with E-state index >= 15 is 0 Å². The van der Waals surface area contributed by atoms with E-state index in [2.05, 4.69) is 120 Å². The van der Waals surface area contributed by atoms with Crippen LogP contribution in [-0.4, -0.2) is 19.5 Å². The Morgan fingerprint density at radius 1 is 0.380 bits per heavy atom. The lowest BCUT2D eigenvalue weighted by Gasteiger charge is -2.10. The summed E-state index contributed by atoms with van der Waals surface area (Å²) in [5.74, 6) is 1.88. The van der Waals surface area contributed by atoms with Gasteiger partial charge in [-0.1, -0.05) is 127 Å². The molecule has 0 aliphatic carbocycles. The summed E-state index contributed by atoms with van der Waals surface area (Å²) in [6, 6.07) is 58.5. The summed E-state index contributed by atoms with van der Waals surface area (Å²) in [6.45, 7) is 0. The van der Waals surface area contributed by atoms with E-state index in [4.69, 9.17) is 19.4 Å². The Morgan fingerprint density at radius 2 is 0.940 bits per heavy atom. The molecule has 0 unspecified atom stereocenters. The van der Waals surface area contributed by atoms with Gasteiger partial charge in [-0.15, -0.1) is 0 Å². The van der Waals surface area contributed by atoms with E-state index in [0.29, 0.717) is 17.5 Å². The van der Waals surface area contributed by atoms with Gasteiger partial charge in [0.25, 0.3) is 0 Å². The number of furan rings is 1. The summed E-state index contributed by atoms with van der Waals surface area (Å²) >= 11 is 0. The van der Waals surface area contributed by atoms with Gasteiger partial charge >= 0.3 is 0 Å². The van der Waals surface area contributed by atoms with Gasteiger partial charge in [0.05, 0.1) is 11.0 Å². The number of fused-ring (bicyclic) bond motifs is 6. The van der Waals surface area contributed by atoms with Crippen molar-refractivity contribution in [3.63, 3.8) is 0 Å². The Morgan fingerprint density at radius 3 is 1.72 bits per heavy atom.